The third kappa shape index (κ3) is 3.34. The van der Waals surface area contributed by atoms with E-state index < -0.39 is 0 Å². The fourth-order valence-electron chi connectivity index (χ4n) is 4.62. The maximum absolute atomic E-state index is 6.48. The van der Waals surface area contributed by atoms with Crippen LogP contribution in [-0.2, 0) is 6.42 Å². The normalized spacial score (nSPS) is 26.6. The molecule has 1 aromatic carbocycles. The van der Waals surface area contributed by atoms with Crippen LogP contribution in [0.3, 0.4) is 0 Å². The van der Waals surface area contributed by atoms with Gasteiger partial charge in [-0.05, 0) is 69.1 Å². The van der Waals surface area contributed by atoms with Gasteiger partial charge in [0.1, 0.15) is 11.4 Å². The van der Waals surface area contributed by atoms with Crippen LogP contribution in [0.4, 0.5) is 0 Å². The summed E-state index contributed by atoms with van der Waals surface area (Å²) in [6, 6.07) is 7.03. The Labute approximate surface area is 142 Å². The molecule has 0 saturated heterocycles. The quantitative estimate of drug-likeness (QED) is 0.595. The van der Waals surface area contributed by atoms with Crippen molar-refractivity contribution >= 4 is 0 Å². The first-order valence-electron chi connectivity index (χ1n) is 9.38. The number of benzene rings is 1. The van der Waals surface area contributed by atoms with E-state index in [0.717, 1.165) is 24.5 Å². The Morgan fingerprint density at radius 3 is 2.83 bits per heavy atom. The third-order valence-electron chi connectivity index (χ3n) is 5.86. The highest BCUT2D eigenvalue weighted by Crippen LogP contribution is 2.51. The van der Waals surface area contributed by atoms with Crippen LogP contribution in [0.1, 0.15) is 77.3 Å². The first kappa shape index (κ1) is 16.6. The van der Waals surface area contributed by atoms with E-state index in [9.17, 15) is 0 Å². The molecule has 1 heterocycles. The molecule has 23 heavy (non-hydrogen) atoms. The second-order valence-electron chi connectivity index (χ2n) is 8.38. The van der Waals surface area contributed by atoms with E-state index in [2.05, 4.69) is 58.9 Å². The summed E-state index contributed by atoms with van der Waals surface area (Å²) in [7, 11) is 0. The zero-order valence-electron chi connectivity index (χ0n) is 15.5. The molecule has 0 N–H and O–H groups in total. The highest BCUT2D eigenvalue weighted by molar-refractivity contribution is 5.44. The van der Waals surface area contributed by atoms with Gasteiger partial charge in [-0.3, -0.25) is 0 Å². The van der Waals surface area contributed by atoms with Crippen LogP contribution in [0.25, 0.3) is 0 Å². The topological polar surface area (TPSA) is 9.23 Å². The van der Waals surface area contributed by atoms with Gasteiger partial charge in [-0.1, -0.05) is 50.5 Å². The van der Waals surface area contributed by atoms with Crippen molar-refractivity contribution in [1.82, 2.24) is 0 Å². The highest BCUT2D eigenvalue weighted by atomic mass is 16.5. The van der Waals surface area contributed by atoms with Crippen molar-refractivity contribution < 1.29 is 4.74 Å². The number of hydrogen-bond donors (Lipinski definition) is 0. The molecule has 0 aromatic heterocycles. The molecule has 126 valence electrons. The summed E-state index contributed by atoms with van der Waals surface area (Å²) >= 11 is 0. The van der Waals surface area contributed by atoms with E-state index in [1.807, 2.05) is 0 Å². The molecule has 1 heteroatoms. The van der Waals surface area contributed by atoms with Crippen molar-refractivity contribution in [3.8, 4) is 5.75 Å². The molecular formula is C22H32O. The predicted molar refractivity (Wildman–Crippen MR) is 98.1 cm³/mol. The maximum atomic E-state index is 6.48. The lowest BCUT2D eigenvalue weighted by molar-refractivity contribution is 0.00847. The minimum atomic E-state index is -0.0669. The monoisotopic (exact) mass is 312 g/mol. The number of allylic oxidation sites excluding steroid dienone is 2. The summed E-state index contributed by atoms with van der Waals surface area (Å²) in [6.45, 7) is 11.5. The molecule has 3 rings (SSSR count). The summed E-state index contributed by atoms with van der Waals surface area (Å²) < 4.78 is 6.48. The summed E-state index contributed by atoms with van der Waals surface area (Å²) in [5.41, 5.74) is 4.34. The molecule has 1 aliphatic carbocycles. The van der Waals surface area contributed by atoms with Gasteiger partial charge in [-0.2, -0.15) is 0 Å². The van der Waals surface area contributed by atoms with E-state index >= 15 is 0 Å². The van der Waals surface area contributed by atoms with Crippen LogP contribution < -0.4 is 4.74 Å². The Morgan fingerprint density at radius 2 is 2.09 bits per heavy atom. The lowest BCUT2D eigenvalue weighted by atomic mass is 9.67. The number of ether oxygens (including phenoxy) is 1. The summed E-state index contributed by atoms with van der Waals surface area (Å²) in [5.74, 6) is 3.12. The molecule has 1 unspecified atom stereocenters. The maximum Gasteiger partial charge on any atom is 0.123 e. The molecule has 2 aliphatic rings. The molecule has 1 aromatic rings. The second-order valence-corrected chi connectivity index (χ2v) is 8.38. The van der Waals surface area contributed by atoms with Crippen molar-refractivity contribution in [2.45, 2.75) is 78.2 Å². The summed E-state index contributed by atoms with van der Waals surface area (Å²) in [4.78, 5) is 0. The molecule has 0 fully saturated rings. The van der Waals surface area contributed by atoms with Gasteiger partial charge in [0.25, 0.3) is 0 Å². The fourth-order valence-corrected chi connectivity index (χ4v) is 4.62. The predicted octanol–water partition coefficient (Wildman–Crippen LogP) is 6.28. The fraction of sp³-hybridized carbons (Fsp3) is 0.636. The van der Waals surface area contributed by atoms with E-state index in [1.54, 1.807) is 0 Å². The Balaban J connectivity index is 1.90. The molecule has 3 atom stereocenters. The summed E-state index contributed by atoms with van der Waals surface area (Å²) in [6.07, 6.45) is 8.49. The molecule has 1 aliphatic heterocycles. The van der Waals surface area contributed by atoms with Gasteiger partial charge in [0.05, 0.1) is 0 Å². The minimum Gasteiger partial charge on any atom is -0.487 e. The van der Waals surface area contributed by atoms with Crippen molar-refractivity contribution in [2.75, 3.05) is 0 Å². The first-order valence-corrected chi connectivity index (χ1v) is 9.38. The van der Waals surface area contributed by atoms with E-state index in [1.165, 1.54) is 36.0 Å². The van der Waals surface area contributed by atoms with Crippen LogP contribution in [0.2, 0.25) is 0 Å². The van der Waals surface area contributed by atoms with E-state index in [4.69, 9.17) is 4.74 Å². The lowest BCUT2D eigenvalue weighted by Crippen LogP contribution is -2.45. The molecule has 0 bridgehead atoms. The van der Waals surface area contributed by atoms with Gasteiger partial charge in [0.2, 0.25) is 0 Å². The third-order valence-corrected chi connectivity index (χ3v) is 5.86. The van der Waals surface area contributed by atoms with Crippen LogP contribution in [-0.4, -0.2) is 5.60 Å². The molecule has 0 radical (unpaired) electrons. The van der Waals surface area contributed by atoms with Crippen molar-refractivity contribution in [1.29, 1.82) is 0 Å². The summed E-state index contributed by atoms with van der Waals surface area (Å²) in [5, 5.41) is 0. The van der Waals surface area contributed by atoms with Crippen molar-refractivity contribution in [3.05, 3.63) is 41.0 Å². The van der Waals surface area contributed by atoms with Crippen LogP contribution >= 0.6 is 0 Å². The average molecular weight is 312 g/mol. The minimum absolute atomic E-state index is 0.0669. The lowest BCUT2D eigenvalue weighted by Gasteiger charge is -2.47. The van der Waals surface area contributed by atoms with Gasteiger partial charge >= 0.3 is 0 Å². The first-order chi connectivity index (χ1) is 10.9. The number of rotatable bonds is 4. The van der Waals surface area contributed by atoms with Gasteiger partial charge in [-0.25, -0.2) is 0 Å². The Bertz CT molecular complexity index is 596. The zero-order chi connectivity index (χ0) is 16.6. The molecular weight excluding hydrogens is 280 g/mol. The largest absolute Gasteiger partial charge is 0.487 e. The smallest absolute Gasteiger partial charge is 0.123 e. The Hall–Kier alpha value is -1.24. The van der Waals surface area contributed by atoms with Crippen LogP contribution in [0.15, 0.2) is 29.8 Å². The van der Waals surface area contributed by atoms with Crippen LogP contribution in [0, 0.1) is 11.8 Å². The second kappa shape index (κ2) is 6.34. The molecule has 1 nitrogen and oxygen atoms in total. The van der Waals surface area contributed by atoms with Crippen molar-refractivity contribution in [2.24, 2.45) is 11.8 Å². The molecule has 0 amide bonds. The van der Waals surface area contributed by atoms with Gasteiger partial charge < -0.3 is 4.74 Å². The van der Waals surface area contributed by atoms with Crippen LogP contribution in [0.5, 0.6) is 5.75 Å². The van der Waals surface area contributed by atoms with Gasteiger partial charge in [0, 0.05) is 5.92 Å². The Morgan fingerprint density at radius 1 is 1.30 bits per heavy atom. The van der Waals surface area contributed by atoms with Crippen molar-refractivity contribution in [3.63, 3.8) is 0 Å². The number of hydrogen-bond acceptors (Lipinski definition) is 1. The Kier molecular flexibility index (Phi) is 4.58. The SMILES string of the molecule is CCCC(C)Cc1ccc2c(c1)OC(C)(C)[C@@H]1CC=C(C)C[C@@H]21. The van der Waals surface area contributed by atoms with E-state index in [-0.39, 0.29) is 5.60 Å². The zero-order valence-corrected chi connectivity index (χ0v) is 15.5. The van der Waals surface area contributed by atoms with Gasteiger partial charge in [0.15, 0.2) is 0 Å². The van der Waals surface area contributed by atoms with Gasteiger partial charge in [-0.15, -0.1) is 0 Å². The standard InChI is InChI=1S/C22H32O/c1-6-7-15(2)12-17-9-10-18-19-13-16(3)8-11-20(19)22(4,5)23-21(18)14-17/h8-10,14-15,19-20H,6-7,11-13H2,1-5H3/t15?,19-,20+/m0/s1. The molecule has 0 saturated carbocycles. The molecule has 0 spiro atoms. The van der Waals surface area contributed by atoms with E-state index in [0.29, 0.717) is 11.8 Å². The average Bonchev–Trinajstić information content (AvgIpc) is 2.46. The highest BCUT2D eigenvalue weighted by Gasteiger charge is 2.44. The number of fused-ring (bicyclic) bond motifs is 3.